The third-order valence-electron chi connectivity index (χ3n) is 3.87. The van der Waals surface area contributed by atoms with Crippen molar-refractivity contribution in [3.05, 3.63) is 34.9 Å². The van der Waals surface area contributed by atoms with Gasteiger partial charge in [-0.2, -0.15) is 11.8 Å². The second-order valence-corrected chi connectivity index (χ2v) is 7.58. The highest BCUT2D eigenvalue weighted by Crippen LogP contribution is 2.36. The maximum atomic E-state index is 13.7. The molecule has 1 aromatic carbocycles. The average Bonchev–Trinajstić information content (AvgIpc) is 2.97. The van der Waals surface area contributed by atoms with E-state index in [1.54, 1.807) is 0 Å². The van der Waals surface area contributed by atoms with E-state index in [4.69, 9.17) is 0 Å². The fourth-order valence-corrected chi connectivity index (χ4v) is 3.75. The van der Waals surface area contributed by atoms with Crippen LogP contribution in [-0.2, 0) is 6.54 Å². The third kappa shape index (κ3) is 5.90. The molecule has 1 aliphatic rings. The summed E-state index contributed by atoms with van der Waals surface area (Å²) in [6, 6.07) is 0.194. The second-order valence-electron chi connectivity index (χ2n) is 5.90. The summed E-state index contributed by atoms with van der Waals surface area (Å²) >= 11 is 1.86. The zero-order chi connectivity index (χ0) is 17.7. The lowest BCUT2D eigenvalue weighted by Gasteiger charge is -2.24. The monoisotopic (exact) mass is 491 g/mol. The lowest BCUT2D eigenvalue weighted by atomic mass is 10.1. The van der Waals surface area contributed by atoms with Crippen molar-refractivity contribution in [3.8, 4) is 0 Å². The Bertz CT molecular complexity index is 596. The van der Waals surface area contributed by atoms with Gasteiger partial charge in [-0.15, -0.1) is 24.0 Å². The molecule has 0 radical (unpaired) electrons. The van der Waals surface area contributed by atoms with E-state index in [0.717, 1.165) is 18.6 Å². The van der Waals surface area contributed by atoms with E-state index in [2.05, 4.69) is 22.5 Å². The maximum Gasteiger partial charge on any atom is 0.191 e. The standard InChI is InChI=1S/C16H21F4N3S.HI/c1-3-21-15(23-9-16(2)5-4-6-24-16)22-8-10-13(19)11(17)7-12(18)14(10)20;/h7H,3-6,8-9H2,1-2H3,(H2,21,22,23);1H. The number of rotatable bonds is 5. The molecule has 3 nitrogen and oxygen atoms in total. The predicted octanol–water partition coefficient (Wildman–Crippen LogP) is 4.20. The smallest absolute Gasteiger partial charge is 0.191 e. The molecule has 1 aromatic rings. The molecular weight excluding hydrogens is 469 g/mol. The van der Waals surface area contributed by atoms with Gasteiger partial charge in [0.1, 0.15) is 0 Å². The summed E-state index contributed by atoms with van der Waals surface area (Å²) in [5, 5.41) is 6.09. The summed E-state index contributed by atoms with van der Waals surface area (Å²) in [4.78, 5) is 4.05. The minimum atomic E-state index is -1.42. The van der Waals surface area contributed by atoms with Crippen molar-refractivity contribution >= 4 is 41.7 Å². The van der Waals surface area contributed by atoms with E-state index in [0.29, 0.717) is 19.0 Å². The molecule has 0 spiro atoms. The third-order valence-corrected chi connectivity index (χ3v) is 5.41. The number of thioether (sulfide) groups is 1. The number of aliphatic imine (C=N–C) groups is 1. The first-order chi connectivity index (χ1) is 11.4. The Morgan fingerprint density at radius 1 is 1.20 bits per heavy atom. The average molecular weight is 491 g/mol. The van der Waals surface area contributed by atoms with Gasteiger partial charge in [-0.3, -0.25) is 0 Å². The molecule has 142 valence electrons. The molecule has 0 amide bonds. The van der Waals surface area contributed by atoms with E-state index in [9.17, 15) is 17.6 Å². The minimum absolute atomic E-state index is 0. The highest BCUT2D eigenvalue weighted by atomic mass is 127. The fourth-order valence-electron chi connectivity index (χ4n) is 2.51. The van der Waals surface area contributed by atoms with E-state index in [1.807, 2.05) is 18.7 Å². The van der Waals surface area contributed by atoms with Crippen LogP contribution < -0.4 is 10.6 Å². The van der Waals surface area contributed by atoms with E-state index in [1.165, 1.54) is 0 Å². The van der Waals surface area contributed by atoms with Crippen molar-refractivity contribution in [2.45, 2.75) is 38.0 Å². The summed E-state index contributed by atoms with van der Waals surface area (Å²) in [5.74, 6) is -4.21. The van der Waals surface area contributed by atoms with Crippen LogP contribution >= 0.6 is 35.7 Å². The molecule has 1 aliphatic heterocycles. The van der Waals surface area contributed by atoms with Crippen LogP contribution in [-0.4, -0.2) is 29.5 Å². The molecular formula is C16H22F4IN3S. The highest BCUT2D eigenvalue weighted by molar-refractivity contribution is 14.0. The van der Waals surface area contributed by atoms with Gasteiger partial charge in [-0.25, -0.2) is 22.6 Å². The van der Waals surface area contributed by atoms with Crippen LogP contribution in [0.15, 0.2) is 11.1 Å². The zero-order valence-corrected chi connectivity index (χ0v) is 17.2. The minimum Gasteiger partial charge on any atom is -0.357 e. The van der Waals surface area contributed by atoms with Crippen molar-refractivity contribution in [2.24, 2.45) is 4.99 Å². The molecule has 9 heteroatoms. The summed E-state index contributed by atoms with van der Waals surface area (Å²) in [6.45, 7) is 4.70. The zero-order valence-electron chi connectivity index (χ0n) is 14.1. The first-order valence-electron chi connectivity index (χ1n) is 7.84. The van der Waals surface area contributed by atoms with Gasteiger partial charge in [0.05, 0.1) is 12.1 Å². The van der Waals surface area contributed by atoms with Crippen molar-refractivity contribution in [2.75, 3.05) is 18.8 Å². The molecule has 2 N–H and O–H groups in total. The van der Waals surface area contributed by atoms with Gasteiger partial charge < -0.3 is 10.6 Å². The van der Waals surface area contributed by atoms with E-state index >= 15 is 0 Å². The molecule has 0 bridgehead atoms. The molecule has 1 atom stereocenters. The predicted molar refractivity (Wildman–Crippen MR) is 105 cm³/mol. The van der Waals surface area contributed by atoms with Crippen LogP contribution in [0.5, 0.6) is 0 Å². The summed E-state index contributed by atoms with van der Waals surface area (Å²) in [7, 11) is 0. The topological polar surface area (TPSA) is 36.4 Å². The molecule has 1 heterocycles. The van der Waals surface area contributed by atoms with Crippen molar-refractivity contribution in [3.63, 3.8) is 0 Å². The van der Waals surface area contributed by atoms with Crippen LogP contribution in [0.2, 0.25) is 0 Å². The van der Waals surface area contributed by atoms with Gasteiger partial charge in [0, 0.05) is 23.9 Å². The first kappa shape index (κ1) is 22.3. The van der Waals surface area contributed by atoms with Gasteiger partial charge in [-0.1, -0.05) is 0 Å². The number of nitrogens with one attached hydrogen (secondary N) is 2. The van der Waals surface area contributed by atoms with Crippen molar-refractivity contribution in [1.29, 1.82) is 0 Å². The molecule has 2 rings (SSSR count). The Balaban J connectivity index is 0.00000312. The molecule has 1 unspecified atom stereocenters. The maximum absolute atomic E-state index is 13.7. The van der Waals surface area contributed by atoms with Crippen LogP contribution in [0.4, 0.5) is 17.6 Å². The molecule has 25 heavy (non-hydrogen) atoms. The molecule has 0 saturated carbocycles. The lowest BCUT2D eigenvalue weighted by Crippen LogP contribution is -2.43. The van der Waals surface area contributed by atoms with E-state index in [-0.39, 0.29) is 34.8 Å². The number of halogens is 5. The number of hydrogen-bond acceptors (Lipinski definition) is 2. The molecule has 0 aliphatic carbocycles. The Morgan fingerprint density at radius 2 is 1.84 bits per heavy atom. The first-order valence-corrected chi connectivity index (χ1v) is 8.83. The van der Waals surface area contributed by atoms with Crippen LogP contribution in [0.1, 0.15) is 32.3 Å². The number of nitrogens with zero attached hydrogens (tertiary/aromatic N) is 1. The number of guanidine groups is 1. The van der Waals surface area contributed by atoms with E-state index < -0.39 is 35.4 Å². The lowest BCUT2D eigenvalue weighted by molar-refractivity contribution is 0.439. The van der Waals surface area contributed by atoms with Crippen LogP contribution in [0.3, 0.4) is 0 Å². The quantitative estimate of drug-likeness (QED) is 0.213. The summed E-state index contributed by atoms with van der Waals surface area (Å²) in [5.41, 5.74) is -0.717. The number of benzene rings is 1. The van der Waals surface area contributed by atoms with Crippen molar-refractivity contribution in [1.82, 2.24) is 10.6 Å². The highest BCUT2D eigenvalue weighted by Gasteiger charge is 2.29. The molecule has 1 saturated heterocycles. The fraction of sp³-hybridized carbons (Fsp3) is 0.562. The van der Waals surface area contributed by atoms with Gasteiger partial charge in [0.2, 0.25) is 0 Å². The molecule has 1 fully saturated rings. The SMILES string of the molecule is CCNC(=NCc1c(F)c(F)cc(F)c1F)NCC1(C)CCCS1.I. The van der Waals surface area contributed by atoms with Crippen LogP contribution in [0, 0.1) is 23.3 Å². The Labute approximate surface area is 166 Å². The normalized spacial score (nSPS) is 20.3. The van der Waals surface area contributed by atoms with Gasteiger partial charge in [-0.05, 0) is 32.4 Å². The van der Waals surface area contributed by atoms with Crippen LogP contribution in [0.25, 0.3) is 0 Å². The largest absolute Gasteiger partial charge is 0.357 e. The van der Waals surface area contributed by atoms with Gasteiger partial charge >= 0.3 is 0 Å². The Kier molecular flexibility index (Phi) is 8.79. The van der Waals surface area contributed by atoms with Gasteiger partial charge in [0.15, 0.2) is 29.2 Å². The summed E-state index contributed by atoms with van der Waals surface area (Å²) < 4.78 is 53.9. The number of hydrogen-bond donors (Lipinski definition) is 2. The Morgan fingerprint density at radius 3 is 2.36 bits per heavy atom. The van der Waals surface area contributed by atoms with Crippen molar-refractivity contribution < 1.29 is 17.6 Å². The molecule has 0 aromatic heterocycles. The second kappa shape index (κ2) is 9.84. The Hall–Kier alpha value is -0.710. The summed E-state index contributed by atoms with van der Waals surface area (Å²) in [6.07, 6.45) is 2.22. The van der Waals surface area contributed by atoms with Gasteiger partial charge in [0.25, 0.3) is 0 Å².